The van der Waals surface area contributed by atoms with Crippen LogP contribution in [0.3, 0.4) is 0 Å². The second-order valence-corrected chi connectivity index (χ2v) is 5.96. The molecular weight excluding hydrogens is 278 g/mol. The number of hydrogen-bond acceptors (Lipinski definition) is 4. The molecule has 0 radical (unpaired) electrons. The Labute approximate surface area is 131 Å². The van der Waals surface area contributed by atoms with Crippen LogP contribution in [0.1, 0.15) is 17.0 Å². The quantitative estimate of drug-likeness (QED) is 0.914. The first-order valence-corrected chi connectivity index (χ1v) is 7.73. The number of para-hydroxylation sites is 1. The van der Waals surface area contributed by atoms with Gasteiger partial charge in [0.1, 0.15) is 24.3 Å². The van der Waals surface area contributed by atoms with Crippen LogP contribution in [0.25, 0.3) is 0 Å². The number of aromatic nitrogens is 2. The summed E-state index contributed by atoms with van der Waals surface area (Å²) < 4.78 is 7.99. The molecular formula is C17H23N3O2. The lowest BCUT2D eigenvalue weighted by Crippen LogP contribution is -2.40. The van der Waals surface area contributed by atoms with Gasteiger partial charge in [-0.15, -0.1) is 0 Å². The predicted octanol–water partition coefficient (Wildman–Crippen LogP) is 1.76. The fourth-order valence-corrected chi connectivity index (χ4v) is 2.94. The molecule has 5 nitrogen and oxygen atoms in total. The number of aliphatic hydroxyl groups is 1. The molecule has 1 aliphatic rings. The van der Waals surface area contributed by atoms with Gasteiger partial charge in [-0.2, -0.15) is 0 Å². The summed E-state index contributed by atoms with van der Waals surface area (Å²) in [7, 11) is 0. The summed E-state index contributed by atoms with van der Waals surface area (Å²) in [6.07, 6.45) is 3.34. The number of benzene rings is 1. The molecule has 118 valence electrons. The molecule has 1 aliphatic heterocycles. The number of hydrogen-bond donors (Lipinski definition) is 1. The second kappa shape index (κ2) is 6.50. The van der Waals surface area contributed by atoms with E-state index in [0.29, 0.717) is 13.2 Å². The molecule has 0 saturated heterocycles. The van der Waals surface area contributed by atoms with Gasteiger partial charge < -0.3 is 14.4 Å². The molecule has 0 bridgehead atoms. The van der Waals surface area contributed by atoms with Crippen LogP contribution in [0.2, 0.25) is 0 Å². The van der Waals surface area contributed by atoms with E-state index in [9.17, 15) is 5.11 Å². The van der Waals surface area contributed by atoms with Gasteiger partial charge in [0.2, 0.25) is 0 Å². The SMILES string of the molecule is Cc1cccc(C)c1OC[C@H](O)CN1CCn2ccnc2C1. The van der Waals surface area contributed by atoms with E-state index in [2.05, 4.69) is 14.5 Å². The van der Waals surface area contributed by atoms with Crippen LogP contribution < -0.4 is 4.74 Å². The van der Waals surface area contributed by atoms with E-state index in [1.165, 1.54) is 0 Å². The summed E-state index contributed by atoms with van der Waals surface area (Å²) in [6, 6.07) is 6.07. The normalized spacial score (nSPS) is 16.3. The number of aliphatic hydroxyl groups excluding tert-OH is 1. The summed E-state index contributed by atoms with van der Waals surface area (Å²) in [5.74, 6) is 1.95. The molecule has 1 atom stereocenters. The Balaban J connectivity index is 1.52. The number of imidazole rings is 1. The predicted molar refractivity (Wildman–Crippen MR) is 84.9 cm³/mol. The Morgan fingerprint density at radius 2 is 2.05 bits per heavy atom. The lowest BCUT2D eigenvalue weighted by atomic mass is 10.1. The number of β-amino-alcohol motifs (C(OH)–C–C–N with tert-alkyl or cyclic N) is 1. The standard InChI is InChI=1S/C17H23N3O2/c1-13-4-3-5-14(2)17(13)22-12-15(21)10-19-8-9-20-7-6-18-16(20)11-19/h3-7,15,21H,8-12H2,1-2H3/t15-/m1/s1. The minimum Gasteiger partial charge on any atom is -0.490 e. The molecule has 0 fully saturated rings. The number of aryl methyl sites for hydroxylation is 2. The molecule has 0 aliphatic carbocycles. The molecule has 1 aromatic heterocycles. The summed E-state index contributed by atoms with van der Waals surface area (Å²) in [6.45, 7) is 7.63. The zero-order valence-electron chi connectivity index (χ0n) is 13.2. The van der Waals surface area contributed by atoms with Gasteiger partial charge in [-0.25, -0.2) is 4.98 Å². The zero-order valence-corrected chi connectivity index (χ0v) is 13.2. The van der Waals surface area contributed by atoms with Crippen LogP contribution in [-0.2, 0) is 13.1 Å². The lowest BCUT2D eigenvalue weighted by Gasteiger charge is -2.29. The lowest BCUT2D eigenvalue weighted by molar-refractivity contribution is 0.0579. The molecule has 2 aromatic rings. The smallest absolute Gasteiger partial charge is 0.125 e. The third-order valence-corrected chi connectivity index (χ3v) is 4.12. The highest BCUT2D eigenvalue weighted by Gasteiger charge is 2.19. The van der Waals surface area contributed by atoms with E-state index in [-0.39, 0.29) is 0 Å². The minimum atomic E-state index is -0.500. The van der Waals surface area contributed by atoms with E-state index < -0.39 is 6.10 Å². The average molecular weight is 301 g/mol. The maximum absolute atomic E-state index is 10.2. The molecule has 5 heteroatoms. The molecule has 0 spiro atoms. The van der Waals surface area contributed by atoms with E-state index >= 15 is 0 Å². The van der Waals surface area contributed by atoms with Gasteiger partial charge in [-0.1, -0.05) is 18.2 Å². The summed E-state index contributed by atoms with van der Waals surface area (Å²) in [5, 5.41) is 10.2. The molecule has 22 heavy (non-hydrogen) atoms. The van der Waals surface area contributed by atoms with Crippen molar-refractivity contribution in [2.45, 2.75) is 33.0 Å². The van der Waals surface area contributed by atoms with Crippen LogP contribution in [-0.4, -0.2) is 45.4 Å². The third kappa shape index (κ3) is 3.31. The van der Waals surface area contributed by atoms with Crippen molar-refractivity contribution in [1.29, 1.82) is 0 Å². The molecule has 3 rings (SSSR count). The summed E-state index contributed by atoms with van der Waals surface area (Å²) >= 11 is 0. The van der Waals surface area contributed by atoms with E-state index in [1.54, 1.807) is 0 Å². The Hall–Kier alpha value is -1.85. The van der Waals surface area contributed by atoms with Crippen molar-refractivity contribution in [2.75, 3.05) is 19.7 Å². The fraction of sp³-hybridized carbons (Fsp3) is 0.471. The van der Waals surface area contributed by atoms with Crippen LogP contribution in [0.4, 0.5) is 0 Å². The highest BCUT2D eigenvalue weighted by molar-refractivity contribution is 5.39. The molecule has 0 saturated carbocycles. The largest absolute Gasteiger partial charge is 0.490 e. The monoisotopic (exact) mass is 301 g/mol. The number of rotatable bonds is 5. The summed E-state index contributed by atoms with van der Waals surface area (Å²) in [5.41, 5.74) is 2.21. The Kier molecular flexibility index (Phi) is 4.45. The van der Waals surface area contributed by atoms with Crippen LogP contribution in [0.15, 0.2) is 30.6 Å². The van der Waals surface area contributed by atoms with Gasteiger partial charge >= 0.3 is 0 Å². The zero-order chi connectivity index (χ0) is 15.5. The van der Waals surface area contributed by atoms with E-state index in [1.807, 2.05) is 44.4 Å². The van der Waals surface area contributed by atoms with Crippen molar-refractivity contribution < 1.29 is 9.84 Å². The van der Waals surface area contributed by atoms with Gasteiger partial charge in [0.05, 0.1) is 6.54 Å². The number of fused-ring (bicyclic) bond motifs is 1. The molecule has 0 unspecified atom stereocenters. The van der Waals surface area contributed by atoms with Crippen molar-refractivity contribution in [1.82, 2.24) is 14.5 Å². The first-order valence-electron chi connectivity index (χ1n) is 7.73. The minimum absolute atomic E-state index is 0.316. The van der Waals surface area contributed by atoms with Crippen LogP contribution >= 0.6 is 0 Å². The summed E-state index contributed by atoms with van der Waals surface area (Å²) in [4.78, 5) is 6.56. The molecule has 1 aromatic carbocycles. The van der Waals surface area contributed by atoms with Crippen LogP contribution in [0.5, 0.6) is 5.75 Å². The van der Waals surface area contributed by atoms with Crippen molar-refractivity contribution in [3.63, 3.8) is 0 Å². The maximum atomic E-state index is 10.2. The van der Waals surface area contributed by atoms with E-state index in [4.69, 9.17) is 4.74 Å². The van der Waals surface area contributed by atoms with Crippen LogP contribution in [0, 0.1) is 13.8 Å². The van der Waals surface area contributed by atoms with Gasteiger partial charge in [0, 0.05) is 32.0 Å². The Bertz CT molecular complexity index is 618. The Morgan fingerprint density at radius 1 is 1.27 bits per heavy atom. The van der Waals surface area contributed by atoms with Crippen molar-refractivity contribution in [3.8, 4) is 5.75 Å². The number of nitrogens with zero attached hydrogens (tertiary/aromatic N) is 3. The molecule has 0 amide bonds. The number of ether oxygens (including phenoxy) is 1. The first kappa shape index (κ1) is 15.1. The second-order valence-electron chi connectivity index (χ2n) is 5.96. The van der Waals surface area contributed by atoms with Gasteiger partial charge in [0.25, 0.3) is 0 Å². The average Bonchev–Trinajstić information content (AvgIpc) is 2.94. The first-order chi connectivity index (χ1) is 10.6. The maximum Gasteiger partial charge on any atom is 0.125 e. The van der Waals surface area contributed by atoms with Gasteiger partial charge in [-0.3, -0.25) is 4.90 Å². The van der Waals surface area contributed by atoms with Gasteiger partial charge in [0.15, 0.2) is 0 Å². The molecule has 1 N–H and O–H groups in total. The topological polar surface area (TPSA) is 50.5 Å². The van der Waals surface area contributed by atoms with Crippen molar-refractivity contribution in [2.24, 2.45) is 0 Å². The molecule has 2 heterocycles. The fourth-order valence-electron chi connectivity index (χ4n) is 2.94. The third-order valence-electron chi connectivity index (χ3n) is 4.12. The van der Waals surface area contributed by atoms with E-state index in [0.717, 1.165) is 42.3 Å². The van der Waals surface area contributed by atoms with Crippen molar-refractivity contribution >= 4 is 0 Å². The highest BCUT2D eigenvalue weighted by Crippen LogP contribution is 2.22. The highest BCUT2D eigenvalue weighted by atomic mass is 16.5. The Morgan fingerprint density at radius 3 is 2.82 bits per heavy atom. The van der Waals surface area contributed by atoms with Crippen molar-refractivity contribution in [3.05, 3.63) is 47.5 Å². The van der Waals surface area contributed by atoms with Gasteiger partial charge in [-0.05, 0) is 25.0 Å².